The second-order valence-electron chi connectivity index (χ2n) is 11.2. The second kappa shape index (κ2) is 10.9. The predicted molar refractivity (Wildman–Crippen MR) is 133 cm³/mol. The molecule has 0 bridgehead atoms. The van der Waals surface area contributed by atoms with Crippen LogP contribution in [0.1, 0.15) is 79.3 Å². The van der Waals surface area contributed by atoms with Crippen LogP contribution in [0.25, 0.3) is 6.08 Å². The lowest BCUT2D eigenvalue weighted by molar-refractivity contribution is -0.154. The van der Waals surface area contributed by atoms with Crippen molar-refractivity contribution in [2.75, 3.05) is 0 Å². The Morgan fingerprint density at radius 2 is 1.89 bits per heavy atom. The number of fused-ring (bicyclic) bond motifs is 1. The van der Waals surface area contributed by atoms with Gasteiger partial charge in [0.2, 0.25) is 0 Å². The fraction of sp³-hybridized carbons (Fsp3) is 0.679. The highest BCUT2D eigenvalue weighted by molar-refractivity contribution is 5.88. The molecule has 2 fully saturated rings. The van der Waals surface area contributed by atoms with Crippen LogP contribution in [-0.4, -0.2) is 57.0 Å². The molecule has 3 unspecified atom stereocenters. The molecular weight excluding hydrogens is 446 g/mol. The maximum Gasteiger partial charge on any atom is 0.309 e. The normalized spacial score (nSPS) is 37.3. The van der Waals surface area contributed by atoms with E-state index in [4.69, 9.17) is 9.47 Å². The summed E-state index contributed by atoms with van der Waals surface area (Å²) in [6, 6.07) is 5.62. The van der Waals surface area contributed by atoms with Gasteiger partial charge in [-0.1, -0.05) is 40.2 Å². The lowest BCUT2D eigenvalue weighted by Gasteiger charge is -2.34. The molecular formula is C28H41NO6. The van der Waals surface area contributed by atoms with Crippen molar-refractivity contribution in [3.63, 3.8) is 0 Å². The van der Waals surface area contributed by atoms with Crippen LogP contribution in [-0.2, 0) is 19.1 Å². The summed E-state index contributed by atoms with van der Waals surface area (Å²) in [7, 11) is 0. The number of pyridine rings is 1. The summed E-state index contributed by atoms with van der Waals surface area (Å²) >= 11 is 0. The van der Waals surface area contributed by atoms with E-state index < -0.39 is 35.6 Å². The molecule has 7 atom stereocenters. The third-order valence-electron chi connectivity index (χ3n) is 7.98. The molecule has 2 saturated heterocycles. The molecule has 0 amide bonds. The van der Waals surface area contributed by atoms with Crippen LogP contribution >= 0.6 is 0 Å². The Morgan fingerprint density at radius 3 is 2.54 bits per heavy atom. The van der Waals surface area contributed by atoms with Crippen molar-refractivity contribution in [2.24, 2.45) is 17.3 Å². The van der Waals surface area contributed by atoms with Crippen molar-refractivity contribution in [2.45, 2.75) is 104 Å². The van der Waals surface area contributed by atoms with Crippen LogP contribution < -0.4 is 0 Å². The van der Waals surface area contributed by atoms with E-state index in [2.05, 4.69) is 11.9 Å². The van der Waals surface area contributed by atoms with Gasteiger partial charge in [-0.25, -0.2) is 0 Å². The number of hydrogen-bond donors (Lipinski definition) is 2. The van der Waals surface area contributed by atoms with Crippen molar-refractivity contribution < 1.29 is 29.3 Å². The Balaban J connectivity index is 1.86. The van der Waals surface area contributed by atoms with Crippen molar-refractivity contribution in [1.82, 2.24) is 4.98 Å². The molecule has 0 radical (unpaired) electrons. The van der Waals surface area contributed by atoms with Crippen molar-refractivity contribution in [3.05, 3.63) is 35.7 Å². The zero-order valence-electron chi connectivity index (χ0n) is 21.9. The number of hydrogen-bond acceptors (Lipinski definition) is 7. The highest BCUT2D eigenvalue weighted by atomic mass is 16.6. The average molecular weight is 488 g/mol. The Bertz CT molecular complexity index is 929. The van der Waals surface area contributed by atoms with Gasteiger partial charge in [0, 0.05) is 18.5 Å². The fourth-order valence-corrected chi connectivity index (χ4v) is 5.08. The molecule has 0 spiro atoms. The first-order chi connectivity index (χ1) is 16.3. The van der Waals surface area contributed by atoms with Crippen molar-refractivity contribution in [3.8, 4) is 0 Å². The highest BCUT2D eigenvalue weighted by Gasteiger charge is 2.53. The number of rotatable bonds is 2. The number of carbonyl (C=O) groups is 2. The Morgan fingerprint density at radius 1 is 1.17 bits per heavy atom. The van der Waals surface area contributed by atoms with Gasteiger partial charge in [-0.2, -0.15) is 0 Å². The first kappa shape index (κ1) is 27.5. The van der Waals surface area contributed by atoms with Gasteiger partial charge in [-0.15, -0.1) is 0 Å². The summed E-state index contributed by atoms with van der Waals surface area (Å²) in [6.07, 6.45) is 3.60. The number of cyclic esters (lactones) is 1. The van der Waals surface area contributed by atoms with Crippen molar-refractivity contribution >= 4 is 17.8 Å². The van der Waals surface area contributed by atoms with E-state index in [1.54, 1.807) is 27.0 Å². The summed E-state index contributed by atoms with van der Waals surface area (Å²) in [5.74, 6) is -1.56. The number of aliphatic hydroxyl groups excluding tert-OH is 2. The summed E-state index contributed by atoms with van der Waals surface area (Å²) in [5.41, 5.74) is 0.0933. The van der Waals surface area contributed by atoms with E-state index >= 15 is 0 Å². The number of Topliss-reactive ketones (excluding diaryl/α,β-unsaturated/α-hetero) is 1. The molecule has 2 aliphatic rings. The third kappa shape index (κ3) is 6.57. The van der Waals surface area contributed by atoms with E-state index in [0.717, 1.165) is 30.5 Å². The zero-order chi connectivity index (χ0) is 26.0. The number of carbonyl (C=O) groups excluding carboxylic acids is 2. The largest absolute Gasteiger partial charge is 0.458 e. The third-order valence-corrected chi connectivity index (χ3v) is 7.98. The number of ketones is 1. The molecule has 1 aromatic rings. The molecule has 3 heterocycles. The summed E-state index contributed by atoms with van der Waals surface area (Å²) in [5, 5.41) is 21.7. The molecule has 2 aliphatic heterocycles. The van der Waals surface area contributed by atoms with Crippen LogP contribution in [0.15, 0.2) is 30.0 Å². The van der Waals surface area contributed by atoms with Gasteiger partial charge in [0.15, 0.2) is 0 Å². The summed E-state index contributed by atoms with van der Waals surface area (Å²) < 4.78 is 11.9. The van der Waals surface area contributed by atoms with Gasteiger partial charge in [-0.3, -0.25) is 14.6 Å². The smallest absolute Gasteiger partial charge is 0.309 e. The summed E-state index contributed by atoms with van der Waals surface area (Å²) in [4.78, 5) is 30.5. The maximum atomic E-state index is 13.2. The molecule has 2 N–H and O–H groups in total. The van der Waals surface area contributed by atoms with E-state index in [9.17, 15) is 19.8 Å². The quantitative estimate of drug-likeness (QED) is 0.477. The van der Waals surface area contributed by atoms with E-state index in [1.807, 2.05) is 38.1 Å². The standard InChI is InChI=1S/C28H41NO6/c1-17-10-9-12-28(6)23(35-28)15-21(18(2)14-20-11-7-8-13-29-20)34-24(31)16-22(30)27(4,5)26(33)19(3)25(17)32/h7-8,11,13-14,17,19,21-23,25,30,32H,9-10,12,15-16H2,1-6H3/b18-14+/t17?,19?,21-,22?,23-,25-,28+/m0/s1. The van der Waals surface area contributed by atoms with Crippen LogP contribution in [0.3, 0.4) is 0 Å². The summed E-state index contributed by atoms with van der Waals surface area (Å²) in [6.45, 7) is 10.9. The Labute approximate surface area is 208 Å². The number of esters is 1. The maximum absolute atomic E-state index is 13.2. The Kier molecular flexibility index (Phi) is 8.56. The van der Waals surface area contributed by atoms with Crippen LogP contribution in [0.2, 0.25) is 0 Å². The molecule has 0 saturated carbocycles. The molecule has 7 heteroatoms. The first-order valence-corrected chi connectivity index (χ1v) is 12.7. The Hall–Kier alpha value is -2.09. The van der Waals surface area contributed by atoms with E-state index in [0.29, 0.717) is 6.42 Å². The predicted octanol–water partition coefficient (Wildman–Crippen LogP) is 4.11. The number of epoxide rings is 1. The molecule has 35 heavy (non-hydrogen) atoms. The molecule has 3 rings (SSSR count). The van der Waals surface area contributed by atoms with Gasteiger partial charge in [0.25, 0.3) is 0 Å². The average Bonchev–Trinajstić information content (AvgIpc) is 3.45. The van der Waals surface area contributed by atoms with E-state index in [1.165, 1.54) is 0 Å². The van der Waals surface area contributed by atoms with Gasteiger partial charge in [0.05, 0.1) is 41.4 Å². The number of aliphatic hydroxyl groups is 2. The molecule has 7 nitrogen and oxygen atoms in total. The second-order valence-corrected chi connectivity index (χ2v) is 11.2. The zero-order valence-corrected chi connectivity index (χ0v) is 21.9. The lowest BCUT2D eigenvalue weighted by atomic mass is 9.73. The lowest BCUT2D eigenvalue weighted by Crippen LogP contribution is -2.45. The van der Waals surface area contributed by atoms with Gasteiger partial charge in [-0.05, 0) is 56.4 Å². The highest BCUT2D eigenvalue weighted by Crippen LogP contribution is 2.45. The van der Waals surface area contributed by atoms with Gasteiger partial charge < -0.3 is 19.7 Å². The van der Waals surface area contributed by atoms with Gasteiger partial charge in [0.1, 0.15) is 11.9 Å². The minimum Gasteiger partial charge on any atom is -0.458 e. The topological polar surface area (TPSA) is 109 Å². The fourth-order valence-electron chi connectivity index (χ4n) is 5.08. The molecule has 0 aromatic carbocycles. The molecule has 0 aliphatic carbocycles. The first-order valence-electron chi connectivity index (χ1n) is 12.7. The van der Waals surface area contributed by atoms with Crippen molar-refractivity contribution in [1.29, 1.82) is 0 Å². The molecule has 1 aromatic heterocycles. The van der Waals surface area contributed by atoms with Crippen LogP contribution in [0.4, 0.5) is 0 Å². The van der Waals surface area contributed by atoms with Gasteiger partial charge >= 0.3 is 5.97 Å². The SMILES string of the molecule is C/C(=C\c1ccccn1)[C@@H]1C[C@@H]2O[C@]2(C)CCCC(C)[C@H](O)C(C)C(=O)C(C)(C)C(O)CC(=O)O1. The number of aromatic nitrogens is 1. The molecule has 194 valence electrons. The van der Waals surface area contributed by atoms with Crippen LogP contribution in [0.5, 0.6) is 0 Å². The monoisotopic (exact) mass is 487 g/mol. The van der Waals surface area contributed by atoms with E-state index in [-0.39, 0.29) is 29.8 Å². The minimum absolute atomic E-state index is 0.0533. The number of nitrogens with zero attached hydrogens (tertiary/aromatic N) is 1. The van der Waals surface area contributed by atoms with Crippen LogP contribution in [0, 0.1) is 17.3 Å². The minimum atomic E-state index is -1.23. The number of ether oxygens (including phenoxy) is 2.